The molecule has 1 aromatic carbocycles. The molecule has 1 saturated heterocycles. The highest BCUT2D eigenvalue weighted by Crippen LogP contribution is 2.42. The topological polar surface area (TPSA) is 65.3 Å². The fourth-order valence-electron chi connectivity index (χ4n) is 4.25. The number of methoxy groups -OCH3 is 1. The van der Waals surface area contributed by atoms with Crippen LogP contribution < -0.4 is 4.74 Å². The summed E-state index contributed by atoms with van der Waals surface area (Å²) < 4.78 is 13.0. The third-order valence-electron chi connectivity index (χ3n) is 5.50. The van der Waals surface area contributed by atoms with Crippen LogP contribution in [0.4, 0.5) is 0 Å². The first-order valence-electron chi connectivity index (χ1n) is 9.10. The van der Waals surface area contributed by atoms with Crippen molar-refractivity contribution in [2.75, 3.05) is 33.4 Å². The second-order valence-electron chi connectivity index (χ2n) is 6.78. The third kappa shape index (κ3) is 2.91. The predicted molar refractivity (Wildman–Crippen MR) is 92.9 cm³/mol. The summed E-state index contributed by atoms with van der Waals surface area (Å²) in [5.41, 5.74) is 0.773. The van der Waals surface area contributed by atoms with Crippen LogP contribution in [-0.2, 0) is 10.3 Å². The minimum atomic E-state index is -0.119. The normalized spacial score (nSPS) is 21.2. The Balaban J connectivity index is 1.80. The van der Waals surface area contributed by atoms with Gasteiger partial charge in [0.1, 0.15) is 11.4 Å². The molecule has 0 unspecified atom stereocenters. The van der Waals surface area contributed by atoms with Crippen molar-refractivity contribution in [3.8, 4) is 11.4 Å². The Bertz CT molecular complexity index is 705. The van der Waals surface area contributed by atoms with Gasteiger partial charge in [0.25, 0.3) is 0 Å². The fourth-order valence-corrected chi connectivity index (χ4v) is 4.25. The Morgan fingerprint density at radius 1 is 1.08 bits per heavy atom. The van der Waals surface area contributed by atoms with Gasteiger partial charge < -0.3 is 9.47 Å². The summed E-state index contributed by atoms with van der Waals surface area (Å²) in [5.74, 6) is 1.71. The van der Waals surface area contributed by atoms with Crippen molar-refractivity contribution in [2.24, 2.45) is 0 Å². The van der Waals surface area contributed by atoms with E-state index in [4.69, 9.17) is 9.47 Å². The zero-order valence-electron chi connectivity index (χ0n) is 14.7. The highest BCUT2D eigenvalue weighted by molar-refractivity contribution is 5.46. The number of hydrogen-bond acceptors (Lipinski definition) is 6. The van der Waals surface area contributed by atoms with E-state index < -0.39 is 0 Å². The molecule has 0 spiro atoms. The molecule has 1 aliphatic carbocycles. The molecule has 2 aliphatic rings. The van der Waals surface area contributed by atoms with Crippen LogP contribution in [0.25, 0.3) is 5.69 Å². The van der Waals surface area contributed by atoms with Gasteiger partial charge in [0.05, 0.1) is 25.9 Å². The van der Waals surface area contributed by atoms with E-state index in [9.17, 15) is 0 Å². The molecule has 7 heteroatoms. The van der Waals surface area contributed by atoms with Gasteiger partial charge in [-0.05, 0) is 35.4 Å². The monoisotopic (exact) mass is 343 g/mol. The molecule has 1 saturated carbocycles. The van der Waals surface area contributed by atoms with E-state index in [-0.39, 0.29) is 5.54 Å². The zero-order valence-corrected chi connectivity index (χ0v) is 14.7. The lowest BCUT2D eigenvalue weighted by Crippen LogP contribution is -2.53. The molecule has 2 aromatic rings. The summed E-state index contributed by atoms with van der Waals surface area (Å²) in [6.45, 7) is 3.41. The van der Waals surface area contributed by atoms with Crippen LogP contribution in [-0.4, -0.2) is 58.5 Å². The molecule has 2 fully saturated rings. The zero-order chi connectivity index (χ0) is 17.1. The SMILES string of the molecule is COc1ccccc1-n1nnnc1C1(N2CCOCC2)CCCCC1. The van der Waals surface area contributed by atoms with Crippen molar-refractivity contribution < 1.29 is 9.47 Å². The number of aromatic nitrogens is 4. The quantitative estimate of drug-likeness (QED) is 0.848. The highest BCUT2D eigenvalue weighted by atomic mass is 16.5. The molecule has 0 amide bonds. The van der Waals surface area contributed by atoms with Crippen molar-refractivity contribution in [3.63, 3.8) is 0 Å². The fraction of sp³-hybridized carbons (Fsp3) is 0.611. The lowest BCUT2D eigenvalue weighted by atomic mass is 9.79. The molecule has 134 valence electrons. The van der Waals surface area contributed by atoms with Crippen molar-refractivity contribution in [3.05, 3.63) is 30.1 Å². The number of hydrogen-bond donors (Lipinski definition) is 0. The lowest BCUT2D eigenvalue weighted by Gasteiger charge is -2.46. The Morgan fingerprint density at radius 2 is 1.84 bits per heavy atom. The summed E-state index contributed by atoms with van der Waals surface area (Å²) in [7, 11) is 1.68. The molecule has 1 aromatic heterocycles. The molecular weight excluding hydrogens is 318 g/mol. The van der Waals surface area contributed by atoms with E-state index in [1.54, 1.807) is 7.11 Å². The van der Waals surface area contributed by atoms with E-state index in [1.807, 2.05) is 28.9 Å². The first-order chi connectivity index (χ1) is 12.3. The number of tetrazole rings is 1. The first kappa shape index (κ1) is 16.5. The van der Waals surface area contributed by atoms with Gasteiger partial charge in [-0.3, -0.25) is 4.90 Å². The summed E-state index contributed by atoms with van der Waals surface area (Å²) in [6.07, 6.45) is 5.86. The van der Waals surface area contributed by atoms with Crippen LogP contribution in [0.3, 0.4) is 0 Å². The van der Waals surface area contributed by atoms with Crippen molar-refractivity contribution in [1.82, 2.24) is 25.1 Å². The van der Waals surface area contributed by atoms with E-state index in [0.29, 0.717) is 0 Å². The van der Waals surface area contributed by atoms with Gasteiger partial charge in [-0.2, -0.15) is 4.68 Å². The van der Waals surface area contributed by atoms with E-state index >= 15 is 0 Å². The molecule has 0 N–H and O–H groups in total. The average Bonchev–Trinajstić information content (AvgIpc) is 3.19. The largest absolute Gasteiger partial charge is 0.494 e. The highest BCUT2D eigenvalue weighted by Gasteiger charge is 2.44. The van der Waals surface area contributed by atoms with Crippen LogP contribution in [0.2, 0.25) is 0 Å². The molecule has 2 heterocycles. The van der Waals surface area contributed by atoms with Gasteiger partial charge in [-0.15, -0.1) is 5.10 Å². The van der Waals surface area contributed by atoms with Crippen LogP contribution in [0.15, 0.2) is 24.3 Å². The van der Waals surface area contributed by atoms with Gasteiger partial charge in [-0.1, -0.05) is 31.4 Å². The Kier molecular flexibility index (Phi) is 4.67. The maximum absolute atomic E-state index is 5.58. The Hall–Kier alpha value is -1.99. The molecule has 25 heavy (non-hydrogen) atoms. The summed E-state index contributed by atoms with van der Waals surface area (Å²) in [5, 5.41) is 12.9. The van der Waals surface area contributed by atoms with E-state index in [2.05, 4.69) is 20.4 Å². The van der Waals surface area contributed by atoms with Crippen molar-refractivity contribution in [2.45, 2.75) is 37.6 Å². The van der Waals surface area contributed by atoms with Gasteiger partial charge in [0, 0.05) is 13.1 Å². The number of ether oxygens (including phenoxy) is 2. The summed E-state index contributed by atoms with van der Waals surface area (Å²) >= 11 is 0. The predicted octanol–water partition coefficient (Wildman–Crippen LogP) is 2.16. The third-order valence-corrected chi connectivity index (χ3v) is 5.50. The standard InChI is InChI=1S/C18H25N5O2/c1-24-16-8-4-3-7-15(16)23-17(19-20-21-23)18(9-5-2-6-10-18)22-11-13-25-14-12-22/h3-4,7-8H,2,5-6,9-14H2,1H3. The van der Waals surface area contributed by atoms with Crippen molar-refractivity contribution >= 4 is 0 Å². The first-order valence-corrected chi connectivity index (χ1v) is 9.10. The Labute approximate surface area is 147 Å². The van der Waals surface area contributed by atoms with E-state index in [1.165, 1.54) is 19.3 Å². The lowest BCUT2D eigenvalue weighted by molar-refractivity contribution is -0.0451. The Morgan fingerprint density at radius 3 is 2.60 bits per heavy atom. The van der Waals surface area contributed by atoms with Gasteiger partial charge in [0.2, 0.25) is 0 Å². The number of rotatable bonds is 4. The minimum Gasteiger partial charge on any atom is -0.494 e. The van der Waals surface area contributed by atoms with Crippen LogP contribution in [0, 0.1) is 0 Å². The molecule has 4 rings (SSSR count). The number of para-hydroxylation sites is 2. The number of morpholine rings is 1. The summed E-state index contributed by atoms with van der Waals surface area (Å²) in [6, 6.07) is 7.91. The molecular formula is C18H25N5O2. The minimum absolute atomic E-state index is 0.119. The van der Waals surface area contributed by atoms with Gasteiger partial charge in [0.15, 0.2) is 5.82 Å². The van der Waals surface area contributed by atoms with Crippen LogP contribution in [0.5, 0.6) is 5.75 Å². The number of benzene rings is 1. The molecule has 1 aliphatic heterocycles. The van der Waals surface area contributed by atoms with E-state index in [0.717, 1.165) is 56.4 Å². The van der Waals surface area contributed by atoms with Crippen molar-refractivity contribution in [1.29, 1.82) is 0 Å². The number of nitrogens with zero attached hydrogens (tertiary/aromatic N) is 5. The second-order valence-corrected chi connectivity index (χ2v) is 6.78. The molecule has 0 radical (unpaired) electrons. The molecule has 7 nitrogen and oxygen atoms in total. The molecule has 0 bridgehead atoms. The second kappa shape index (κ2) is 7.09. The van der Waals surface area contributed by atoms with Crippen LogP contribution in [0.1, 0.15) is 37.9 Å². The maximum Gasteiger partial charge on any atom is 0.177 e. The van der Waals surface area contributed by atoms with Gasteiger partial charge >= 0.3 is 0 Å². The van der Waals surface area contributed by atoms with Crippen LogP contribution >= 0.6 is 0 Å². The van der Waals surface area contributed by atoms with Gasteiger partial charge in [-0.25, -0.2) is 0 Å². The average molecular weight is 343 g/mol. The molecule has 0 atom stereocenters. The summed E-state index contributed by atoms with van der Waals surface area (Å²) in [4.78, 5) is 2.53. The smallest absolute Gasteiger partial charge is 0.177 e. The maximum atomic E-state index is 5.58.